The van der Waals surface area contributed by atoms with E-state index < -0.39 is 0 Å². The summed E-state index contributed by atoms with van der Waals surface area (Å²) in [4.78, 5) is 14.9. The maximum atomic E-state index is 13.0. The van der Waals surface area contributed by atoms with Crippen molar-refractivity contribution in [2.45, 2.75) is 45.8 Å². The second-order valence-corrected chi connectivity index (χ2v) is 8.54. The van der Waals surface area contributed by atoms with Crippen molar-refractivity contribution < 1.29 is 14.3 Å². The molecule has 3 heterocycles. The van der Waals surface area contributed by atoms with Crippen LogP contribution in [-0.2, 0) is 29.8 Å². The molecule has 4 rings (SSSR count). The zero-order valence-electron chi connectivity index (χ0n) is 18.2. The number of methoxy groups -OCH3 is 2. The van der Waals surface area contributed by atoms with Gasteiger partial charge in [-0.2, -0.15) is 5.10 Å². The fourth-order valence-electron chi connectivity index (χ4n) is 3.86. The number of hydrogen-bond donors (Lipinski definition) is 0. The van der Waals surface area contributed by atoms with Gasteiger partial charge in [0.1, 0.15) is 5.82 Å². The molecule has 0 unspecified atom stereocenters. The van der Waals surface area contributed by atoms with Crippen LogP contribution in [0.15, 0.2) is 42.7 Å². The zero-order valence-corrected chi connectivity index (χ0v) is 18.2. The van der Waals surface area contributed by atoms with E-state index in [9.17, 15) is 4.79 Å². The molecule has 0 spiro atoms. The molecule has 7 heteroatoms. The van der Waals surface area contributed by atoms with Crippen molar-refractivity contribution in [1.82, 2.24) is 19.2 Å². The van der Waals surface area contributed by atoms with Crippen LogP contribution in [0.2, 0.25) is 0 Å². The van der Waals surface area contributed by atoms with Crippen LogP contribution in [0, 0.1) is 0 Å². The van der Waals surface area contributed by atoms with E-state index in [4.69, 9.17) is 14.6 Å². The zero-order chi connectivity index (χ0) is 21.5. The normalized spacial score (nSPS) is 13.4. The summed E-state index contributed by atoms with van der Waals surface area (Å²) in [7, 11) is 3.20. The standard InChI is InChI=1S/C23H28N4O3/c1-23(2,3)27-22(25-10-6-7-11-25)17-14-26(15-18(17)24-27)21(28)13-16-8-9-19(29-4)20(12-16)30-5/h6-12H,13-15H2,1-5H3. The maximum Gasteiger partial charge on any atom is 0.227 e. The summed E-state index contributed by atoms with van der Waals surface area (Å²) in [6, 6.07) is 9.59. The Labute approximate surface area is 176 Å². The molecule has 0 saturated heterocycles. The Morgan fingerprint density at radius 2 is 1.77 bits per heavy atom. The Morgan fingerprint density at radius 1 is 1.07 bits per heavy atom. The number of benzene rings is 1. The summed E-state index contributed by atoms with van der Waals surface area (Å²) >= 11 is 0. The highest BCUT2D eigenvalue weighted by molar-refractivity contribution is 5.80. The first kappa shape index (κ1) is 20.1. The van der Waals surface area contributed by atoms with Gasteiger partial charge < -0.3 is 18.9 Å². The highest BCUT2D eigenvalue weighted by Crippen LogP contribution is 2.33. The van der Waals surface area contributed by atoms with Gasteiger partial charge in [0.15, 0.2) is 11.5 Å². The first-order valence-electron chi connectivity index (χ1n) is 10.0. The van der Waals surface area contributed by atoms with E-state index in [1.807, 2.05) is 47.6 Å². The van der Waals surface area contributed by atoms with Gasteiger partial charge in [0.25, 0.3) is 0 Å². The number of ether oxygens (including phenoxy) is 2. The van der Waals surface area contributed by atoms with E-state index in [1.165, 1.54) is 0 Å². The van der Waals surface area contributed by atoms with Crippen LogP contribution in [0.3, 0.4) is 0 Å². The van der Waals surface area contributed by atoms with E-state index in [1.54, 1.807) is 14.2 Å². The van der Waals surface area contributed by atoms with Gasteiger partial charge in [0.05, 0.1) is 45.0 Å². The van der Waals surface area contributed by atoms with Crippen molar-refractivity contribution in [3.8, 4) is 17.3 Å². The van der Waals surface area contributed by atoms with Gasteiger partial charge in [-0.25, -0.2) is 4.68 Å². The molecule has 0 N–H and O–H groups in total. The minimum atomic E-state index is -0.154. The monoisotopic (exact) mass is 408 g/mol. The van der Waals surface area contributed by atoms with Gasteiger partial charge in [0, 0.05) is 18.0 Å². The summed E-state index contributed by atoms with van der Waals surface area (Å²) in [6.45, 7) is 7.51. The predicted molar refractivity (Wildman–Crippen MR) is 114 cm³/mol. The van der Waals surface area contributed by atoms with Gasteiger partial charge in [-0.3, -0.25) is 4.79 Å². The highest BCUT2D eigenvalue weighted by atomic mass is 16.5. The Morgan fingerprint density at radius 3 is 2.40 bits per heavy atom. The van der Waals surface area contributed by atoms with Crippen LogP contribution < -0.4 is 9.47 Å². The van der Waals surface area contributed by atoms with Crippen LogP contribution in [0.25, 0.3) is 5.82 Å². The Hall–Kier alpha value is -3.22. The first-order chi connectivity index (χ1) is 14.3. The predicted octanol–water partition coefficient (Wildman–Crippen LogP) is 3.53. The number of carbonyl (C=O) groups excluding carboxylic acids is 1. The van der Waals surface area contributed by atoms with Crippen molar-refractivity contribution in [1.29, 1.82) is 0 Å². The molecular formula is C23H28N4O3. The summed E-state index contributed by atoms with van der Waals surface area (Å²) < 4.78 is 14.8. The van der Waals surface area contributed by atoms with Gasteiger partial charge >= 0.3 is 0 Å². The van der Waals surface area contributed by atoms with Crippen molar-refractivity contribution in [2.24, 2.45) is 0 Å². The minimum Gasteiger partial charge on any atom is -0.493 e. The molecule has 1 aliphatic rings. The van der Waals surface area contributed by atoms with Gasteiger partial charge in [-0.05, 0) is 50.6 Å². The third kappa shape index (κ3) is 3.56. The van der Waals surface area contributed by atoms with E-state index in [0.717, 1.165) is 22.6 Å². The number of rotatable bonds is 5. The lowest BCUT2D eigenvalue weighted by Gasteiger charge is -2.24. The van der Waals surface area contributed by atoms with E-state index in [-0.39, 0.29) is 11.4 Å². The van der Waals surface area contributed by atoms with Crippen molar-refractivity contribution in [3.05, 3.63) is 59.5 Å². The molecule has 2 aromatic heterocycles. The molecule has 158 valence electrons. The molecule has 7 nitrogen and oxygen atoms in total. The number of carbonyl (C=O) groups is 1. The van der Waals surface area contributed by atoms with Crippen LogP contribution in [0.4, 0.5) is 0 Å². The number of amides is 1. The molecule has 1 aliphatic heterocycles. The third-order valence-corrected chi connectivity index (χ3v) is 5.37. The largest absolute Gasteiger partial charge is 0.493 e. The smallest absolute Gasteiger partial charge is 0.227 e. The molecule has 0 saturated carbocycles. The molecule has 1 amide bonds. The fourth-order valence-corrected chi connectivity index (χ4v) is 3.86. The minimum absolute atomic E-state index is 0.0704. The van der Waals surface area contributed by atoms with E-state index in [2.05, 4.69) is 30.0 Å². The van der Waals surface area contributed by atoms with Crippen LogP contribution >= 0.6 is 0 Å². The molecule has 0 bridgehead atoms. The molecular weight excluding hydrogens is 380 g/mol. The Balaban J connectivity index is 1.57. The maximum absolute atomic E-state index is 13.0. The lowest BCUT2D eigenvalue weighted by Crippen LogP contribution is -2.30. The second-order valence-electron chi connectivity index (χ2n) is 8.54. The van der Waals surface area contributed by atoms with Gasteiger partial charge in [-0.15, -0.1) is 0 Å². The lowest BCUT2D eigenvalue weighted by atomic mass is 10.1. The highest BCUT2D eigenvalue weighted by Gasteiger charge is 2.33. The second kappa shape index (κ2) is 7.55. The average Bonchev–Trinajstić information content (AvgIpc) is 3.42. The van der Waals surface area contributed by atoms with Gasteiger partial charge in [0.2, 0.25) is 5.91 Å². The van der Waals surface area contributed by atoms with Crippen LogP contribution in [0.5, 0.6) is 11.5 Å². The van der Waals surface area contributed by atoms with Crippen molar-refractivity contribution in [3.63, 3.8) is 0 Å². The van der Waals surface area contributed by atoms with Crippen LogP contribution in [0.1, 0.15) is 37.6 Å². The van der Waals surface area contributed by atoms with E-state index in [0.29, 0.717) is 31.0 Å². The summed E-state index contributed by atoms with van der Waals surface area (Å²) in [5, 5.41) is 4.87. The average molecular weight is 409 g/mol. The number of nitrogens with zero attached hydrogens (tertiary/aromatic N) is 4. The molecule has 0 aliphatic carbocycles. The van der Waals surface area contributed by atoms with E-state index >= 15 is 0 Å². The molecule has 30 heavy (non-hydrogen) atoms. The number of fused-ring (bicyclic) bond motifs is 1. The summed E-state index contributed by atoms with van der Waals surface area (Å²) in [5.74, 6) is 2.39. The third-order valence-electron chi connectivity index (χ3n) is 5.37. The molecule has 0 atom stereocenters. The number of aromatic nitrogens is 3. The summed E-state index contributed by atoms with van der Waals surface area (Å²) in [5.41, 5.74) is 2.82. The van der Waals surface area contributed by atoms with Gasteiger partial charge in [-0.1, -0.05) is 6.07 Å². The van der Waals surface area contributed by atoms with Crippen LogP contribution in [-0.4, -0.2) is 39.4 Å². The quantitative estimate of drug-likeness (QED) is 0.648. The molecule has 3 aromatic rings. The fraction of sp³-hybridized carbons (Fsp3) is 0.391. The molecule has 0 radical (unpaired) electrons. The first-order valence-corrected chi connectivity index (χ1v) is 10.0. The SMILES string of the molecule is COc1ccc(CC(=O)N2Cc3nn(C(C)(C)C)c(-n4cccc4)c3C2)cc1OC. The van der Waals surface area contributed by atoms with Crippen molar-refractivity contribution >= 4 is 5.91 Å². The molecule has 1 aromatic carbocycles. The van der Waals surface area contributed by atoms with Crippen molar-refractivity contribution in [2.75, 3.05) is 14.2 Å². The number of hydrogen-bond acceptors (Lipinski definition) is 4. The Bertz CT molecular complexity index is 1060. The Kier molecular flexibility index (Phi) is 5.05. The molecule has 0 fully saturated rings. The topological polar surface area (TPSA) is 61.5 Å². The summed E-state index contributed by atoms with van der Waals surface area (Å²) in [6.07, 6.45) is 4.35. The lowest BCUT2D eigenvalue weighted by molar-refractivity contribution is -0.131.